The Kier molecular flexibility index (Phi) is 10.3. The van der Waals surface area contributed by atoms with Gasteiger partial charge in [-0.3, -0.25) is 4.57 Å². The maximum atomic E-state index is 5.53. The summed E-state index contributed by atoms with van der Waals surface area (Å²) in [6, 6.07) is 99.4. The van der Waals surface area contributed by atoms with E-state index in [1.807, 2.05) is 36.4 Å². The summed E-state index contributed by atoms with van der Waals surface area (Å²) >= 11 is 0. The van der Waals surface area contributed by atoms with Gasteiger partial charge < -0.3 is 4.57 Å². The minimum Gasteiger partial charge on any atom is -0.307 e. The summed E-state index contributed by atoms with van der Waals surface area (Å²) in [7, 11) is 0. The fourth-order valence-corrected chi connectivity index (χ4v) is 13.9. The average molecular weight is 1060 g/mol. The van der Waals surface area contributed by atoms with Crippen molar-refractivity contribution >= 4 is 75.9 Å². The van der Waals surface area contributed by atoms with E-state index in [4.69, 9.17) is 15.0 Å². The molecule has 0 saturated heterocycles. The van der Waals surface area contributed by atoms with Crippen molar-refractivity contribution in [3.63, 3.8) is 0 Å². The van der Waals surface area contributed by atoms with Crippen LogP contribution in [0.4, 0.5) is 0 Å². The zero-order valence-corrected chi connectivity index (χ0v) is 45.7. The van der Waals surface area contributed by atoms with Crippen LogP contribution in [0.1, 0.15) is 25.0 Å². The zero-order chi connectivity index (χ0) is 54.9. The third kappa shape index (κ3) is 7.11. The largest absolute Gasteiger partial charge is 0.307 e. The van der Waals surface area contributed by atoms with Crippen molar-refractivity contribution in [2.24, 2.45) is 0 Å². The minimum atomic E-state index is -0.190. The van der Waals surface area contributed by atoms with Gasteiger partial charge in [0.2, 0.25) is 5.95 Å². The number of rotatable bonds is 8. The monoisotopic (exact) mass is 1060 g/mol. The number of para-hydroxylation sites is 3. The van der Waals surface area contributed by atoms with Gasteiger partial charge in [-0.25, -0.2) is 4.98 Å². The normalized spacial score (nSPS) is 12.8. The maximum absolute atomic E-state index is 5.53. The zero-order valence-electron chi connectivity index (χ0n) is 45.7. The topological polar surface area (TPSA) is 48.5 Å². The summed E-state index contributed by atoms with van der Waals surface area (Å²) in [6.07, 6.45) is 0. The highest BCUT2D eigenvalue weighted by atomic mass is 15.2. The van der Waals surface area contributed by atoms with Crippen LogP contribution >= 0.6 is 0 Å². The van der Waals surface area contributed by atoms with Crippen LogP contribution < -0.4 is 0 Å². The lowest BCUT2D eigenvalue weighted by Gasteiger charge is -2.21. The van der Waals surface area contributed by atoms with E-state index in [-0.39, 0.29) is 5.41 Å². The molecule has 388 valence electrons. The highest BCUT2D eigenvalue weighted by Gasteiger charge is 2.36. The second kappa shape index (κ2) is 18.1. The standard InChI is InChI=1S/C78H51N5/c1-78(2)65-39-21-37-58-61-45-55(54-32-20-31-53(44-54)52-30-19-29-51(43-52)48-23-7-3-8-24-48)46-62(69(61)60-38-22-40-66(78)72(60)71(58)65)63-47-64-57-35-15-17-41-67(57)82(56-33-13-6-14-34-56)73(64)74-70(63)59-36-16-18-42-68(59)83(74)77-80-75(49-25-9-4-10-26-49)79-76(81-77)50-27-11-5-12-28-50/h3-47H,1-2H3. The molecule has 0 aliphatic heterocycles. The number of benzene rings is 13. The predicted octanol–water partition coefficient (Wildman–Crippen LogP) is 20.2. The molecule has 0 amide bonds. The first-order valence-corrected chi connectivity index (χ1v) is 28.6. The third-order valence-corrected chi connectivity index (χ3v) is 17.7. The maximum Gasteiger partial charge on any atom is 0.238 e. The molecule has 0 N–H and O–H groups in total. The highest BCUT2D eigenvalue weighted by molar-refractivity contribution is 6.35. The third-order valence-electron chi connectivity index (χ3n) is 17.7. The van der Waals surface area contributed by atoms with Crippen LogP contribution in [0.2, 0.25) is 0 Å². The van der Waals surface area contributed by atoms with Crippen molar-refractivity contribution in [2.75, 3.05) is 0 Å². The van der Waals surface area contributed by atoms with Gasteiger partial charge in [-0.05, 0) is 143 Å². The van der Waals surface area contributed by atoms with E-state index >= 15 is 0 Å². The second-order valence-electron chi connectivity index (χ2n) is 22.7. The van der Waals surface area contributed by atoms with Crippen LogP contribution in [0.3, 0.4) is 0 Å². The molecule has 83 heavy (non-hydrogen) atoms. The molecule has 5 heteroatoms. The molecule has 0 spiro atoms. The van der Waals surface area contributed by atoms with Crippen molar-refractivity contribution in [2.45, 2.75) is 19.3 Å². The van der Waals surface area contributed by atoms with Gasteiger partial charge in [-0.1, -0.05) is 232 Å². The van der Waals surface area contributed by atoms with Crippen molar-refractivity contribution in [3.8, 4) is 78.9 Å². The van der Waals surface area contributed by atoms with Crippen LogP contribution in [0.15, 0.2) is 273 Å². The Morgan fingerprint density at radius 1 is 0.277 bits per heavy atom. The Hall–Kier alpha value is -10.8. The number of hydrogen-bond donors (Lipinski definition) is 0. The van der Waals surface area contributed by atoms with Crippen LogP contribution in [0.25, 0.3) is 155 Å². The van der Waals surface area contributed by atoms with Gasteiger partial charge in [0.25, 0.3) is 0 Å². The Morgan fingerprint density at radius 3 is 1.36 bits per heavy atom. The van der Waals surface area contributed by atoms with E-state index in [2.05, 4.69) is 260 Å². The van der Waals surface area contributed by atoms with Crippen molar-refractivity contribution < 1.29 is 0 Å². The summed E-state index contributed by atoms with van der Waals surface area (Å²) < 4.78 is 4.79. The van der Waals surface area contributed by atoms with E-state index in [1.54, 1.807) is 0 Å². The molecule has 17 rings (SSSR count). The molecular formula is C78H51N5. The van der Waals surface area contributed by atoms with Crippen LogP contribution in [-0.2, 0) is 5.41 Å². The van der Waals surface area contributed by atoms with Crippen molar-refractivity contribution in [1.82, 2.24) is 24.1 Å². The second-order valence-corrected chi connectivity index (χ2v) is 22.7. The number of hydrogen-bond acceptors (Lipinski definition) is 3. The summed E-state index contributed by atoms with van der Waals surface area (Å²) in [5.41, 5.74) is 19.0. The Morgan fingerprint density at radius 2 is 0.735 bits per heavy atom. The molecule has 0 bridgehead atoms. The van der Waals surface area contributed by atoms with Gasteiger partial charge in [-0.15, -0.1) is 0 Å². The SMILES string of the molecule is CC1(C)c2cccc3c4cc(-c5cccc(-c6cccc(-c7ccccc7)c6)c5)cc(-c5cc6c7ccccc7n(-c7ccccc7)c6c6c5c5ccccc5n6-c5nc(-c6ccccc6)nc(-c6ccccc6)n5)c4c4cccc1c4c23. The van der Waals surface area contributed by atoms with Gasteiger partial charge in [0.15, 0.2) is 11.6 Å². The molecule has 0 fully saturated rings. The molecule has 0 radical (unpaired) electrons. The van der Waals surface area contributed by atoms with E-state index in [0.717, 1.165) is 77.1 Å². The summed E-state index contributed by atoms with van der Waals surface area (Å²) in [6.45, 7) is 4.79. The lowest BCUT2D eigenvalue weighted by Crippen LogP contribution is -2.14. The minimum absolute atomic E-state index is 0.190. The van der Waals surface area contributed by atoms with Crippen LogP contribution in [0, 0.1) is 0 Å². The van der Waals surface area contributed by atoms with Gasteiger partial charge in [0.1, 0.15) is 0 Å². The molecule has 16 aromatic rings. The molecule has 13 aromatic carbocycles. The van der Waals surface area contributed by atoms with E-state index in [0.29, 0.717) is 17.6 Å². The van der Waals surface area contributed by atoms with Crippen molar-refractivity contribution in [1.29, 1.82) is 0 Å². The lowest BCUT2D eigenvalue weighted by atomic mass is 9.82. The van der Waals surface area contributed by atoms with E-state index < -0.39 is 0 Å². The van der Waals surface area contributed by atoms with Crippen LogP contribution in [0.5, 0.6) is 0 Å². The van der Waals surface area contributed by atoms with Crippen molar-refractivity contribution in [3.05, 3.63) is 284 Å². The van der Waals surface area contributed by atoms with Crippen LogP contribution in [-0.4, -0.2) is 24.1 Å². The summed E-state index contributed by atoms with van der Waals surface area (Å²) in [5.74, 6) is 1.75. The lowest BCUT2D eigenvalue weighted by molar-refractivity contribution is 0.663. The Labute approximate surface area is 479 Å². The number of fused-ring (bicyclic) bond motifs is 10. The van der Waals surface area contributed by atoms with Gasteiger partial charge in [-0.2, -0.15) is 9.97 Å². The number of nitrogens with zero attached hydrogens (tertiary/aromatic N) is 5. The fourth-order valence-electron chi connectivity index (χ4n) is 13.9. The molecule has 1 aliphatic carbocycles. The molecule has 5 nitrogen and oxygen atoms in total. The van der Waals surface area contributed by atoms with E-state index in [1.165, 1.54) is 71.3 Å². The van der Waals surface area contributed by atoms with Gasteiger partial charge in [0, 0.05) is 43.8 Å². The molecule has 1 aliphatic rings. The Bertz CT molecular complexity index is 5270. The molecule has 0 saturated carbocycles. The first-order chi connectivity index (χ1) is 40.9. The van der Waals surface area contributed by atoms with Gasteiger partial charge in [0.05, 0.1) is 22.1 Å². The predicted molar refractivity (Wildman–Crippen MR) is 346 cm³/mol. The van der Waals surface area contributed by atoms with E-state index in [9.17, 15) is 0 Å². The first-order valence-electron chi connectivity index (χ1n) is 28.6. The quantitative estimate of drug-likeness (QED) is 0.143. The fraction of sp³-hybridized carbons (Fsp3) is 0.0385. The Balaban J connectivity index is 1.05. The molecule has 3 aromatic heterocycles. The first kappa shape index (κ1) is 47.1. The average Bonchev–Trinajstić information content (AvgIpc) is 1.73. The summed E-state index contributed by atoms with van der Waals surface area (Å²) in [4.78, 5) is 16.3. The van der Waals surface area contributed by atoms with Gasteiger partial charge >= 0.3 is 0 Å². The summed E-state index contributed by atoms with van der Waals surface area (Å²) in [5, 5.41) is 12.2. The smallest absolute Gasteiger partial charge is 0.238 e. The highest BCUT2D eigenvalue weighted by Crippen LogP contribution is 2.55. The molecule has 0 unspecified atom stereocenters. The number of aromatic nitrogens is 5. The molecule has 0 atom stereocenters. The molecular weight excluding hydrogens is 1010 g/mol. The molecule has 3 heterocycles.